The first kappa shape index (κ1) is 28.4. The molecule has 0 bridgehead atoms. The van der Waals surface area contributed by atoms with Crippen LogP contribution in [0.4, 0.5) is 0 Å². The lowest BCUT2D eigenvalue weighted by Gasteiger charge is -2.26. The van der Waals surface area contributed by atoms with Crippen LogP contribution in [0.5, 0.6) is 5.75 Å². The molecule has 0 aliphatic carbocycles. The Hall–Kier alpha value is -3.67. The Morgan fingerprint density at radius 2 is 1.44 bits per heavy atom. The number of carboxylic acids is 1. The molecule has 9 N–H and O–H groups in total. The SMILES string of the molecule is CC(N)C(=O)NC(C(=O)NC(CCC(N)=O)C(=O)NC(Cc1ccc(O)cc1)C(=O)O)C(C)C. The van der Waals surface area contributed by atoms with Gasteiger partial charge >= 0.3 is 5.97 Å². The van der Waals surface area contributed by atoms with Crippen molar-refractivity contribution in [3.05, 3.63) is 29.8 Å². The summed E-state index contributed by atoms with van der Waals surface area (Å²) in [5, 5.41) is 26.3. The van der Waals surface area contributed by atoms with E-state index in [-0.39, 0.29) is 30.9 Å². The number of hydrogen-bond acceptors (Lipinski definition) is 7. The molecule has 0 aromatic heterocycles. The molecular weight excluding hydrogens is 446 g/mol. The van der Waals surface area contributed by atoms with Gasteiger partial charge in [0.2, 0.25) is 23.6 Å². The average molecular weight is 480 g/mol. The van der Waals surface area contributed by atoms with E-state index in [1.165, 1.54) is 31.2 Å². The van der Waals surface area contributed by atoms with Gasteiger partial charge < -0.3 is 37.6 Å². The largest absolute Gasteiger partial charge is 0.508 e. The molecule has 0 aliphatic heterocycles. The van der Waals surface area contributed by atoms with Crippen LogP contribution in [0.2, 0.25) is 0 Å². The number of aliphatic carboxylic acids is 1. The summed E-state index contributed by atoms with van der Waals surface area (Å²) in [5.41, 5.74) is 11.3. The number of nitrogens with two attached hydrogens (primary N) is 2. The van der Waals surface area contributed by atoms with Crippen molar-refractivity contribution in [1.29, 1.82) is 0 Å². The molecule has 0 radical (unpaired) electrons. The molecule has 188 valence electrons. The van der Waals surface area contributed by atoms with Crippen LogP contribution in [0.15, 0.2) is 24.3 Å². The highest BCUT2D eigenvalue weighted by atomic mass is 16.4. The molecule has 12 nitrogen and oxygen atoms in total. The predicted octanol–water partition coefficient (Wildman–Crippen LogP) is -1.26. The van der Waals surface area contributed by atoms with Crippen LogP contribution in [-0.4, -0.2) is 64.0 Å². The first-order valence-electron chi connectivity index (χ1n) is 10.8. The molecule has 0 aliphatic rings. The Morgan fingerprint density at radius 3 is 1.91 bits per heavy atom. The lowest BCUT2D eigenvalue weighted by molar-refractivity contribution is -0.142. The van der Waals surface area contributed by atoms with Crippen molar-refractivity contribution < 1.29 is 34.2 Å². The number of carbonyl (C=O) groups excluding carboxylic acids is 4. The number of aromatic hydroxyl groups is 1. The maximum atomic E-state index is 12.9. The van der Waals surface area contributed by atoms with Crippen LogP contribution in [0, 0.1) is 5.92 Å². The second-order valence-corrected chi connectivity index (χ2v) is 8.36. The molecular formula is C22H33N5O7. The monoisotopic (exact) mass is 479 g/mol. The molecule has 34 heavy (non-hydrogen) atoms. The molecule has 1 rings (SSSR count). The van der Waals surface area contributed by atoms with Gasteiger partial charge in [0.05, 0.1) is 6.04 Å². The highest BCUT2D eigenvalue weighted by Crippen LogP contribution is 2.12. The van der Waals surface area contributed by atoms with Gasteiger partial charge in [-0.1, -0.05) is 26.0 Å². The van der Waals surface area contributed by atoms with Gasteiger partial charge in [0.1, 0.15) is 23.9 Å². The van der Waals surface area contributed by atoms with Gasteiger partial charge in [-0.25, -0.2) is 4.79 Å². The van der Waals surface area contributed by atoms with Gasteiger partial charge in [0, 0.05) is 12.8 Å². The number of benzene rings is 1. The fourth-order valence-electron chi connectivity index (χ4n) is 2.98. The fourth-order valence-corrected chi connectivity index (χ4v) is 2.98. The summed E-state index contributed by atoms with van der Waals surface area (Å²) in [7, 11) is 0. The van der Waals surface area contributed by atoms with Gasteiger partial charge in [0.15, 0.2) is 0 Å². The van der Waals surface area contributed by atoms with Crippen LogP contribution in [-0.2, 0) is 30.4 Å². The maximum Gasteiger partial charge on any atom is 0.326 e. The Labute approximate surface area is 197 Å². The van der Waals surface area contributed by atoms with Crippen LogP contribution >= 0.6 is 0 Å². The number of phenols is 1. The summed E-state index contributed by atoms with van der Waals surface area (Å²) in [6, 6.07) is 1.28. The van der Waals surface area contributed by atoms with E-state index in [1.54, 1.807) is 13.8 Å². The van der Waals surface area contributed by atoms with E-state index in [2.05, 4.69) is 16.0 Å². The molecule has 1 aromatic carbocycles. The van der Waals surface area contributed by atoms with Gasteiger partial charge in [-0.2, -0.15) is 0 Å². The molecule has 0 heterocycles. The maximum absolute atomic E-state index is 12.9. The number of nitrogens with one attached hydrogen (secondary N) is 3. The number of amides is 4. The highest BCUT2D eigenvalue weighted by Gasteiger charge is 2.31. The van der Waals surface area contributed by atoms with Crippen LogP contribution in [0.3, 0.4) is 0 Å². The Bertz CT molecular complexity index is 886. The quantitative estimate of drug-likeness (QED) is 0.181. The van der Waals surface area contributed by atoms with Crippen molar-refractivity contribution in [3.8, 4) is 5.75 Å². The van der Waals surface area contributed by atoms with E-state index < -0.39 is 53.8 Å². The van der Waals surface area contributed by atoms with Gasteiger partial charge in [-0.05, 0) is 37.0 Å². The van der Waals surface area contributed by atoms with Crippen molar-refractivity contribution in [2.75, 3.05) is 0 Å². The number of carboxylic acid groups (broad SMARTS) is 1. The summed E-state index contributed by atoms with van der Waals surface area (Å²) < 4.78 is 0. The number of primary amides is 1. The Morgan fingerprint density at radius 1 is 0.882 bits per heavy atom. The van der Waals surface area contributed by atoms with E-state index in [0.717, 1.165) is 0 Å². The number of hydrogen-bond donors (Lipinski definition) is 7. The molecule has 12 heteroatoms. The zero-order valence-corrected chi connectivity index (χ0v) is 19.4. The smallest absolute Gasteiger partial charge is 0.326 e. The summed E-state index contributed by atoms with van der Waals surface area (Å²) in [5.74, 6) is -4.47. The topological polar surface area (TPSA) is 214 Å². The summed E-state index contributed by atoms with van der Waals surface area (Å²) in [6.07, 6.45) is -0.506. The minimum absolute atomic E-state index is 0.00437. The van der Waals surface area contributed by atoms with Gasteiger partial charge in [0.25, 0.3) is 0 Å². The standard InChI is InChI=1S/C22H33N5O7/c1-11(2)18(27-19(30)12(3)23)21(32)25-15(8-9-17(24)29)20(31)26-16(22(33)34)10-13-4-6-14(28)7-5-13/h4-7,11-12,15-16,18,28H,8-10,23H2,1-3H3,(H2,24,29)(H,25,32)(H,26,31)(H,27,30)(H,33,34). The second-order valence-electron chi connectivity index (χ2n) is 8.36. The zero-order chi connectivity index (χ0) is 26.0. The normalized spacial score (nSPS) is 14.4. The number of phenolic OH excluding ortho intramolecular Hbond substituents is 1. The molecule has 0 spiro atoms. The van der Waals surface area contributed by atoms with Crippen LogP contribution in [0.25, 0.3) is 0 Å². The molecule has 4 unspecified atom stereocenters. The van der Waals surface area contributed by atoms with E-state index in [4.69, 9.17) is 11.5 Å². The van der Waals surface area contributed by atoms with E-state index in [0.29, 0.717) is 5.56 Å². The van der Waals surface area contributed by atoms with Crippen molar-refractivity contribution in [2.45, 2.75) is 64.2 Å². The lowest BCUT2D eigenvalue weighted by atomic mass is 10.0. The van der Waals surface area contributed by atoms with Gasteiger partial charge in [-0.3, -0.25) is 19.2 Å². The van der Waals surface area contributed by atoms with Crippen molar-refractivity contribution in [2.24, 2.45) is 17.4 Å². The molecule has 1 aromatic rings. The third kappa shape index (κ3) is 9.45. The Balaban J connectivity index is 3.01. The first-order chi connectivity index (χ1) is 15.8. The highest BCUT2D eigenvalue weighted by molar-refractivity contribution is 5.94. The minimum atomic E-state index is -1.34. The molecule has 4 atom stereocenters. The third-order valence-corrected chi connectivity index (χ3v) is 4.96. The molecule has 0 saturated carbocycles. The second kappa shape index (κ2) is 13.1. The van der Waals surface area contributed by atoms with E-state index in [9.17, 15) is 34.2 Å². The summed E-state index contributed by atoms with van der Waals surface area (Å²) >= 11 is 0. The zero-order valence-electron chi connectivity index (χ0n) is 19.4. The molecule has 0 saturated heterocycles. The van der Waals surface area contributed by atoms with Crippen molar-refractivity contribution >= 4 is 29.6 Å². The van der Waals surface area contributed by atoms with Crippen LogP contribution < -0.4 is 27.4 Å². The van der Waals surface area contributed by atoms with Gasteiger partial charge in [-0.15, -0.1) is 0 Å². The fraction of sp³-hybridized carbons (Fsp3) is 0.500. The lowest BCUT2D eigenvalue weighted by Crippen LogP contribution is -2.58. The van der Waals surface area contributed by atoms with E-state index >= 15 is 0 Å². The van der Waals surface area contributed by atoms with Crippen molar-refractivity contribution in [1.82, 2.24) is 16.0 Å². The summed E-state index contributed by atoms with van der Waals surface area (Å²) in [6.45, 7) is 4.82. The van der Waals surface area contributed by atoms with E-state index in [1.807, 2.05) is 0 Å². The van der Waals surface area contributed by atoms with Crippen molar-refractivity contribution in [3.63, 3.8) is 0 Å². The molecule has 0 fully saturated rings. The summed E-state index contributed by atoms with van der Waals surface area (Å²) in [4.78, 5) is 60.7. The third-order valence-electron chi connectivity index (χ3n) is 4.96. The number of rotatable bonds is 13. The molecule has 4 amide bonds. The Kier molecular flexibility index (Phi) is 11.0. The van der Waals surface area contributed by atoms with Crippen LogP contribution in [0.1, 0.15) is 39.2 Å². The predicted molar refractivity (Wildman–Crippen MR) is 122 cm³/mol. The average Bonchev–Trinajstić information content (AvgIpc) is 2.74. The minimum Gasteiger partial charge on any atom is -0.508 e. The first-order valence-corrected chi connectivity index (χ1v) is 10.8. The number of carbonyl (C=O) groups is 5.